The lowest BCUT2D eigenvalue weighted by molar-refractivity contribution is 0.240. The molecule has 26 heavy (non-hydrogen) atoms. The Balaban J connectivity index is 2.33. The summed E-state index contributed by atoms with van der Waals surface area (Å²) in [6, 6.07) is 14.0. The molecule has 0 aliphatic rings. The zero-order valence-corrected chi connectivity index (χ0v) is 17.8. The third-order valence-electron chi connectivity index (χ3n) is 5.53. The molecule has 0 saturated heterocycles. The molecule has 0 aliphatic carbocycles. The minimum Gasteiger partial charge on any atom is -0.376 e. The molecular weight excluding hydrogens is 332 g/mol. The van der Waals surface area contributed by atoms with E-state index in [1.54, 1.807) is 0 Å². The van der Waals surface area contributed by atoms with Crippen molar-refractivity contribution in [3.05, 3.63) is 48.0 Å². The number of hydrogen-bond donors (Lipinski definition) is 1. The summed E-state index contributed by atoms with van der Waals surface area (Å²) in [5.41, 5.74) is 6.17. The summed E-state index contributed by atoms with van der Waals surface area (Å²) in [6.07, 6.45) is -0.816. The predicted octanol–water partition coefficient (Wildman–Crippen LogP) is 6.10. The Kier molecular flexibility index (Phi) is 6.71. The fraction of sp³-hybridized carbons (Fsp3) is 0.417. The highest BCUT2D eigenvalue weighted by Gasteiger charge is 2.41. The standard InChI is InChI=1S/C24H30OSi/c1-18(2)26(19(3)4,20(5)6)17-10-9-16-24(25)23-15-11-13-21-12-7-8-14-22(21)23/h7-8,11-15,18-20,24-25H,1-6H3/t24-/m0/s1. The SMILES string of the molecule is CC(C)[Si](C#CC#C[C@H](O)c1cccc2ccccc12)(C(C)C)C(C)C. The third-order valence-corrected chi connectivity index (χ3v) is 11.8. The van der Waals surface area contributed by atoms with Crippen LogP contribution in [0.1, 0.15) is 53.2 Å². The molecule has 136 valence electrons. The van der Waals surface area contributed by atoms with E-state index in [0.717, 1.165) is 16.3 Å². The minimum absolute atomic E-state index is 0.583. The van der Waals surface area contributed by atoms with Crippen LogP contribution in [0.5, 0.6) is 0 Å². The first-order chi connectivity index (χ1) is 12.3. The number of fused-ring (bicyclic) bond motifs is 1. The van der Waals surface area contributed by atoms with Crippen LogP contribution in [0.4, 0.5) is 0 Å². The van der Waals surface area contributed by atoms with Crippen LogP contribution >= 0.6 is 0 Å². The van der Waals surface area contributed by atoms with Crippen LogP contribution < -0.4 is 0 Å². The van der Waals surface area contributed by atoms with Crippen molar-refractivity contribution in [1.29, 1.82) is 0 Å². The van der Waals surface area contributed by atoms with E-state index in [0.29, 0.717) is 16.6 Å². The lowest BCUT2D eigenvalue weighted by atomic mass is 10.0. The summed E-state index contributed by atoms with van der Waals surface area (Å²) >= 11 is 0. The van der Waals surface area contributed by atoms with E-state index in [2.05, 4.69) is 64.8 Å². The van der Waals surface area contributed by atoms with E-state index >= 15 is 0 Å². The van der Waals surface area contributed by atoms with Crippen LogP contribution in [-0.2, 0) is 0 Å². The molecule has 0 saturated carbocycles. The molecular formula is C24H30OSi. The first-order valence-electron chi connectivity index (χ1n) is 9.49. The second-order valence-corrected chi connectivity index (χ2v) is 13.5. The molecule has 0 bridgehead atoms. The van der Waals surface area contributed by atoms with Crippen molar-refractivity contribution in [2.75, 3.05) is 0 Å². The van der Waals surface area contributed by atoms with Gasteiger partial charge < -0.3 is 5.11 Å². The maximum absolute atomic E-state index is 10.5. The highest BCUT2D eigenvalue weighted by molar-refractivity contribution is 6.90. The van der Waals surface area contributed by atoms with E-state index in [1.807, 2.05) is 42.5 Å². The van der Waals surface area contributed by atoms with Crippen LogP contribution in [0.25, 0.3) is 10.8 Å². The molecule has 2 heteroatoms. The first kappa shape index (κ1) is 20.3. The van der Waals surface area contributed by atoms with Crippen molar-refractivity contribution in [2.45, 2.75) is 64.3 Å². The average Bonchev–Trinajstić information content (AvgIpc) is 2.60. The first-order valence-corrected chi connectivity index (χ1v) is 11.7. The van der Waals surface area contributed by atoms with Crippen LogP contribution in [-0.4, -0.2) is 13.2 Å². The Morgan fingerprint density at radius 3 is 1.96 bits per heavy atom. The lowest BCUT2D eigenvalue weighted by Gasteiger charge is -2.37. The van der Waals surface area contributed by atoms with Crippen LogP contribution in [0.2, 0.25) is 16.6 Å². The molecule has 0 heterocycles. The van der Waals surface area contributed by atoms with Crippen LogP contribution in [0, 0.1) is 23.3 Å². The lowest BCUT2D eigenvalue weighted by Crippen LogP contribution is -2.43. The summed E-state index contributed by atoms with van der Waals surface area (Å²) in [5.74, 6) is 8.99. The Morgan fingerprint density at radius 1 is 0.769 bits per heavy atom. The number of benzene rings is 2. The molecule has 1 atom stereocenters. The highest BCUT2D eigenvalue weighted by atomic mass is 28.3. The van der Waals surface area contributed by atoms with Crippen molar-refractivity contribution in [3.8, 4) is 23.3 Å². The molecule has 1 N–H and O–H groups in total. The molecule has 0 spiro atoms. The molecule has 0 aliphatic heterocycles. The second-order valence-electron chi connectivity index (χ2n) is 7.89. The van der Waals surface area contributed by atoms with Gasteiger partial charge in [-0.25, -0.2) is 0 Å². The molecule has 0 amide bonds. The number of aliphatic hydroxyl groups is 1. The largest absolute Gasteiger partial charge is 0.376 e. The van der Waals surface area contributed by atoms with Gasteiger partial charge in [-0.2, -0.15) is 0 Å². The normalized spacial score (nSPS) is 12.7. The van der Waals surface area contributed by atoms with Gasteiger partial charge in [0.2, 0.25) is 0 Å². The van der Waals surface area contributed by atoms with Crippen LogP contribution in [0.3, 0.4) is 0 Å². The van der Waals surface area contributed by atoms with Crippen molar-refractivity contribution in [3.63, 3.8) is 0 Å². The molecule has 0 unspecified atom stereocenters. The minimum atomic E-state index is -1.77. The fourth-order valence-electron chi connectivity index (χ4n) is 4.24. The third kappa shape index (κ3) is 4.04. The molecule has 0 aromatic heterocycles. The van der Waals surface area contributed by atoms with Gasteiger partial charge in [0.1, 0.15) is 14.2 Å². The summed E-state index contributed by atoms with van der Waals surface area (Å²) in [7, 11) is -1.77. The molecule has 0 fully saturated rings. The smallest absolute Gasteiger partial charge is 0.147 e. The quantitative estimate of drug-likeness (QED) is 0.515. The van der Waals surface area contributed by atoms with Gasteiger partial charge in [-0.15, -0.1) is 5.54 Å². The van der Waals surface area contributed by atoms with E-state index < -0.39 is 14.2 Å². The van der Waals surface area contributed by atoms with Gasteiger partial charge in [0.05, 0.1) is 0 Å². The molecule has 0 radical (unpaired) electrons. The van der Waals surface area contributed by atoms with Crippen molar-refractivity contribution >= 4 is 18.8 Å². The zero-order chi connectivity index (χ0) is 19.3. The van der Waals surface area contributed by atoms with E-state index in [9.17, 15) is 5.11 Å². The van der Waals surface area contributed by atoms with Gasteiger partial charge in [-0.3, -0.25) is 0 Å². The van der Waals surface area contributed by atoms with Gasteiger partial charge in [-0.1, -0.05) is 89.9 Å². The average molecular weight is 363 g/mol. The van der Waals surface area contributed by atoms with E-state index in [-0.39, 0.29) is 0 Å². The summed E-state index contributed by atoms with van der Waals surface area (Å²) in [4.78, 5) is 0. The Bertz CT molecular complexity index is 844. The molecule has 1 nitrogen and oxygen atoms in total. The second kappa shape index (κ2) is 8.59. The topological polar surface area (TPSA) is 20.2 Å². The van der Waals surface area contributed by atoms with Crippen molar-refractivity contribution < 1.29 is 5.11 Å². The van der Waals surface area contributed by atoms with Gasteiger partial charge in [0, 0.05) is 5.56 Å². The van der Waals surface area contributed by atoms with Gasteiger partial charge >= 0.3 is 0 Å². The monoisotopic (exact) mass is 362 g/mol. The summed E-state index contributed by atoms with van der Waals surface area (Å²) in [5, 5.41) is 12.7. The van der Waals surface area contributed by atoms with Gasteiger partial charge in [0.15, 0.2) is 0 Å². The van der Waals surface area contributed by atoms with Crippen LogP contribution in [0.15, 0.2) is 42.5 Å². The molecule has 2 aromatic carbocycles. The Morgan fingerprint density at radius 2 is 1.35 bits per heavy atom. The number of aliphatic hydroxyl groups excluding tert-OH is 1. The number of hydrogen-bond acceptors (Lipinski definition) is 1. The zero-order valence-electron chi connectivity index (χ0n) is 16.8. The van der Waals surface area contributed by atoms with Gasteiger partial charge in [0.25, 0.3) is 0 Å². The van der Waals surface area contributed by atoms with Crippen molar-refractivity contribution in [1.82, 2.24) is 0 Å². The maximum atomic E-state index is 10.5. The predicted molar refractivity (Wildman–Crippen MR) is 116 cm³/mol. The maximum Gasteiger partial charge on any atom is 0.147 e. The van der Waals surface area contributed by atoms with Gasteiger partial charge in [-0.05, 0) is 39.2 Å². The van der Waals surface area contributed by atoms with E-state index in [4.69, 9.17) is 0 Å². The fourth-order valence-corrected chi connectivity index (χ4v) is 9.39. The number of rotatable bonds is 4. The highest BCUT2D eigenvalue weighted by Crippen LogP contribution is 2.40. The molecule has 2 aromatic rings. The summed E-state index contributed by atoms with van der Waals surface area (Å²) < 4.78 is 0. The Hall–Kier alpha value is -2.00. The summed E-state index contributed by atoms with van der Waals surface area (Å²) in [6.45, 7) is 13.7. The van der Waals surface area contributed by atoms with E-state index in [1.165, 1.54) is 0 Å². The molecule has 2 rings (SSSR count). The van der Waals surface area contributed by atoms with Crippen molar-refractivity contribution in [2.24, 2.45) is 0 Å². The Labute approximate surface area is 159 Å².